The van der Waals surface area contributed by atoms with Gasteiger partial charge in [0.05, 0.1) is 42.2 Å². The van der Waals surface area contributed by atoms with Gasteiger partial charge >= 0.3 is 12.1 Å². The number of aliphatic hydroxyl groups is 1. The largest absolute Gasteiger partial charge is 0.453 e. The minimum absolute atomic E-state index is 0.108. The minimum Gasteiger partial charge on any atom is -0.453 e. The molecule has 0 radical (unpaired) electrons. The molecule has 14 nitrogen and oxygen atoms in total. The van der Waals surface area contributed by atoms with E-state index in [2.05, 4.69) is 34.9 Å². The molecule has 5 amide bonds. The van der Waals surface area contributed by atoms with Crippen LogP contribution < -0.4 is 16.1 Å². The molecule has 1 saturated heterocycles. The van der Waals surface area contributed by atoms with Crippen molar-refractivity contribution < 1.29 is 29.0 Å². The molecule has 61 heavy (non-hydrogen) atoms. The summed E-state index contributed by atoms with van der Waals surface area (Å²) < 4.78 is 4.83. The third kappa shape index (κ3) is 12.8. The molecule has 2 aromatic heterocycles. The molecule has 1 aliphatic heterocycles. The number of benzene rings is 2. The Morgan fingerprint density at radius 2 is 1.57 bits per heavy atom. The summed E-state index contributed by atoms with van der Waals surface area (Å²) in [5.41, 5.74) is 5.83. The number of amides is 5. The minimum atomic E-state index is -1.22. The van der Waals surface area contributed by atoms with Gasteiger partial charge in [0.1, 0.15) is 12.1 Å². The summed E-state index contributed by atoms with van der Waals surface area (Å²) in [5.74, 6) is -0.620. The quantitative estimate of drug-likeness (QED) is 0.0882. The van der Waals surface area contributed by atoms with Crippen molar-refractivity contribution in [1.29, 1.82) is 0 Å². The number of aliphatic hydroxyl groups excluding tert-OH is 1. The van der Waals surface area contributed by atoms with Crippen molar-refractivity contribution >= 4 is 35.3 Å². The lowest BCUT2D eigenvalue weighted by Crippen LogP contribution is -2.61. The lowest BCUT2D eigenvalue weighted by atomic mass is 9.84. The molecule has 0 unspecified atom stereocenters. The molecule has 0 saturated carbocycles. The van der Waals surface area contributed by atoms with Crippen LogP contribution in [-0.2, 0) is 33.8 Å². The van der Waals surface area contributed by atoms with E-state index in [9.17, 15) is 24.3 Å². The molecule has 4 atom stereocenters. The molecule has 3 heterocycles. The number of nitrogens with zero attached hydrogens (tertiary/aromatic N) is 5. The molecule has 0 aliphatic carbocycles. The fraction of sp³-hybridized carbons (Fsp3) is 0.478. The Morgan fingerprint density at radius 1 is 0.885 bits per heavy atom. The molecule has 1 aliphatic rings. The van der Waals surface area contributed by atoms with Crippen molar-refractivity contribution in [2.75, 3.05) is 26.7 Å². The Hall–Kier alpha value is -5.38. The van der Waals surface area contributed by atoms with E-state index in [1.54, 1.807) is 32.3 Å². The molecule has 328 valence electrons. The molecule has 5 rings (SSSR count). The highest BCUT2D eigenvalue weighted by Gasteiger charge is 2.44. The monoisotopic (exact) mass is 854 g/mol. The summed E-state index contributed by atoms with van der Waals surface area (Å²) in [6.07, 6.45) is 0.0225. The van der Waals surface area contributed by atoms with Crippen LogP contribution in [-0.4, -0.2) is 105 Å². The third-order valence-corrected chi connectivity index (χ3v) is 11.7. The molecule has 15 heteroatoms. The molecule has 0 spiro atoms. The predicted octanol–water partition coefficient (Wildman–Crippen LogP) is 6.37. The number of pyridine rings is 1. The van der Waals surface area contributed by atoms with E-state index in [1.807, 2.05) is 120 Å². The number of thiazole rings is 1. The topological polar surface area (TPSA) is 169 Å². The molecule has 4 N–H and O–H groups in total. The van der Waals surface area contributed by atoms with Crippen LogP contribution in [0.5, 0.6) is 0 Å². The number of hydrogen-bond acceptors (Lipinski definition) is 10. The summed E-state index contributed by atoms with van der Waals surface area (Å²) in [6.45, 7) is 16.6. The Morgan fingerprint density at radius 3 is 2.16 bits per heavy atom. The van der Waals surface area contributed by atoms with E-state index in [1.165, 1.54) is 7.11 Å². The Labute approximate surface area is 364 Å². The van der Waals surface area contributed by atoms with Gasteiger partial charge in [-0.05, 0) is 40.5 Å². The molecular weight excluding hydrogens is 793 g/mol. The van der Waals surface area contributed by atoms with Gasteiger partial charge in [-0.3, -0.25) is 20.0 Å². The normalized spacial score (nSPS) is 15.4. The highest BCUT2D eigenvalue weighted by molar-refractivity contribution is 7.09. The van der Waals surface area contributed by atoms with Crippen molar-refractivity contribution in [3.63, 3.8) is 0 Å². The van der Waals surface area contributed by atoms with Crippen molar-refractivity contribution in [2.24, 2.45) is 10.8 Å². The number of nitrogens with one attached hydrogen (secondary N) is 3. The van der Waals surface area contributed by atoms with Gasteiger partial charge in [0.15, 0.2) is 0 Å². The third-order valence-electron chi connectivity index (χ3n) is 10.6. The van der Waals surface area contributed by atoms with Gasteiger partial charge in [0.25, 0.3) is 5.91 Å². The second-order valence-electron chi connectivity index (χ2n) is 18.1. The number of hydrazine groups is 1. The van der Waals surface area contributed by atoms with Crippen molar-refractivity contribution in [3.05, 3.63) is 106 Å². The van der Waals surface area contributed by atoms with Crippen LogP contribution in [0.2, 0.25) is 0 Å². The van der Waals surface area contributed by atoms with Crippen LogP contribution in [0.15, 0.2) is 84.4 Å². The number of methoxy groups -OCH3 is 1. The number of ether oxygens (including phenoxy) is 1. The molecular formula is C46H62N8O6S. The lowest BCUT2D eigenvalue weighted by Gasteiger charge is -2.38. The van der Waals surface area contributed by atoms with Gasteiger partial charge in [-0.15, -0.1) is 11.3 Å². The lowest BCUT2D eigenvalue weighted by molar-refractivity contribution is -0.133. The van der Waals surface area contributed by atoms with E-state index in [0.29, 0.717) is 19.6 Å². The first-order chi connectivity index (χ1) is 28.8. The smallest absolute Gasteiger partial charge is 0.407 e. The van der Waals surface area contributed by atoms with Crippen LogP contribution in [0.1, 0.15) is 83.1 Å². The fourth-order valence-electron chi connectivity index (χ4n) is 7.37. The van der Waals surface area contributed by atoms with Crippen molar-refractivity contribution in [1.82, 2.24) is 40.8 Å². The zero-order chi connectivity index (χ0) is 44.5. The van der Waals surface area contributed by atoms with E-state index in [-0.39, 0.29) is 31.5 Å². The van der Waals surface area contributed by atoms with Crippen molar-refractivity contribution in [3.8, 4) is 11.3 Å². The second kappa shape index (κ2) is 20.5. The number of aromatic nitrogens is 2. The summed E-state index contributed by atoms with van der Waals surface area (Å²) in [7, 11) is 1.23. The Kier molecular flexibility index (Phi) is 15.7. The van der Waals surface area contributed by atoms with Gasteiger partial charge < -0.3 is 30.3 Å². The van der Waals surface area contributed by atoms with Gasteiger partial charge in [-0.1, -0.05) is 116 Å². The number of carbonyl (C=O) groups is 4. The molecule has 2 aromatic carbocycles. The number of carbonyl (C=O) groups excluding carboxylic acids is 4. The van der Waals surface area contributed by atoms with E-state index >= 15 is 0 Å². The summed E-state index contributed by atoms with van der Waals surface area (Å²) in [6, 6.07) is 20.0. The maximum atomic E-state index is 14.6. The summed E-state index contributed by atoms with van der Waals surface area (Å²) in [4.78, 5) is 67.5. The van der Waals surface area contributed by atoms with Crippen LogP contribution in [0.25, 0.3) is 11.3 Å². The average Bonchev–Trinajstić information content (AvgIpc) is 3.83. The first-order valence-electron chi connectivity index (χ1n) is 20.8. The van der Waals surface area contributed by atoms with Crippen LogP contribution >= 0.6 is 11.3 Å². The second-order valence-corrected chi connectivity index (χ2v) is 19.0. The first-order valence-corrected chi connectivity index (χ1v) is 21.6. The highest BCUT2D eigenvalue weighted by atomic mass is 32.1. The fourth-order valence-corrected chi connectivity index (χ4v) is 8.20. The maximum absolute atomic E-state index is 14.6. The predicted molar refractivity (Wildman–Crippen MR) is 237 cm³/mol. The zero-order valence-electron chi connectivity index (χ0n) is 36.8. The number of rotatable bonds is 17. The summed E-state index contributed by atoms with van der Waals surface area (Å²) >= 11 is 1.58. The van der Waals surface area contributed by atoms with Gasteiger partial charge in [0, 0.05) is 49.2 Å². The van der Waals surface area contributed by atoms with E-state index < -0.39 is 53.0 Å². The molecule has 0 bridgehead atoms. The maximum Gasteiger partial charge on any atom is 0.407 e. The van der Waals surface area contributed by atoms with Crippen LogP contribution in [0, 0.1) is 10.8 Å². The van der Waals surface area contributed by atoms with E-state index in [4.69, 9.17) is 9.72 Å². The average molecular weight is 855 g/mol. The molecule has 4 aromatic rings. The van der Waals surface area contributed by atoms with E-state index in [0.717, 1.165) is 33.1 Å². The first kappa shape index (κ1) is 46.7. The summed E-state index contributed by atoms with van der Waals surface area (Å²) in [5, 5.41) is 22.6. The van der Waals surface area contributed by atoms with Crippen LogP contribution in [0.4, 0.5) is 9.59 Å². The standard InChI is InChI=1S/C46H62N8O6S/c1-30(2)42-48-34(29-61-42)27-52-23-24-54(44(52)59)39(46(6,7)8)41(57)49-36(25-31-15-11-10-12-16-31)37(55)28-53(51-40(56)38(45(3,4)5)50-43(58)60-9)26-32-18-20-33(21-19-32)35-17-13-14-22-47-35/h10-22,29-30,36-39,55H,23-28H2,1-9H3,(H,49,57)(H,50,58)(H,51,56)/t36-,37-,38+,39+/m0/s1. The van der Waals surface area contributed by atoms with Gasteiger partial charge in [-0.25, -0.2) is 19.6 Å². The number of hydrogen-bond donors (Lipinski definition) is 4. The Bertz CT molecular complexity index is 2070. The van der Waals surface area contributed by atoms with Crippen LogP contribution in [0.3, 0.4) is 0 Å². The van der Waals surface area contributed by atoms with Gasteiger partial charge in [-0.2, -0.15) is 0 Å². The Balaban J connectivity index is 1.41. The highest BCUT2D eigenvalue weighted by Crippen LogP contribution is 2.30. The zero-order valence-corrected chi connectivity index (χ0v) is 37.7. The number of alkyl carbamates (subject to hydrolysis) is 1. The SMILES string of the molecule is COC(=O)N[C@H](C(=O)NN(Cc1ccc(-c2ccccn2)cc1)C[C@H](O)[C@H](Cc1ccccc1)NC(=O)[C@@H](N1CCN(Cc2csc(C(C)C)n2)C1=O)C(C)(C)C)C(C)(C)C. The number of urea groups is 1. The van der Waals surface area contributed by atoms with Gasteiger partial charge in [0.2, 0.25) is 5.91 Å². The molecule has 1 fully saturated rings. The van der Waals surface area contributed by atoms with Crippen molar-refractivity contribution in [2.45, 2.75) is 105 Å².